The zero-order valence-corrected chi connectivity index (χ0v) is 61.7. The fraction of sp³-hybridized carbons (Fsp3) is 0.432. The number of ether oxygens (including phenoxy) is 10. The molecule has 0 saturated carbocycles. The van der Waals surface area contributed by atoms with Gasteiger partial charge in [-0.1, -0.05) is 318 Å². The van der Waals surface area contributed by atoms with Crippen LogP contribution in [0, 0.1) is 0 Å². The summed E-state index contributed by atoms with van der Waals surface area (Å²) in [5.41, 5.74) is 5.63. The molecule has 22 heteroatoms. The maximum absolute atomic E-state index is 15.2. The van der Waals surface area contributed by atoms with Gasteiger partial charge in [-0.3, -0.25) is 18.4 Å². The second-order valence-corrected chi connectivity index (χ2v) is 29.7. The monoisotopic (exact) mass is 1490 g/mol. The van der Waals surface area contributed by atoms with Crippen LogP contribution in [0.25, 0.3) is 0 Å². The molecule has 2 fully saturated rings. The summed E-state index contributed by atoms with van der Waals surface area (Å²) in [5.74, 6) is -0.315. The average Bonchev–Trinajstić information content (AvgIpc) is 0.782. The summed E-state index contributed by atoms with van der Waals surface area (Å²) >= 11 is 18.6. The van der Waals surface area contributed by atoms with Gasteiger partial charge in [0.25, 0.3) is 0 Å². The van der Waals surface area contributed by atoms with Crippen LogP contribution in [-0.2, 0) is 117 Å². The number of alkyl halides is 3. The Morgan fingerprint density at radius 1 is 0.466 bits per heavy atom. The predicted molar refractivity (Wildman–Crippen MR) is 397 cm³/mol. The number of unbranched alkanes of at least 4 members (excludes halogenated alkanes) is 8. The van der Waals surface area contributed by atoms with Crippen LogP contribution in [0.4, 0.5) is 4.79 Å². The molecule has 0 radical (unpaired) electrons. The smallest absolute Gasteiger partial charge is 0.445 e. The minimum atomic E-state index is -4.52. The van der Waals surface area contributed by atoms with Crippen molar-refractivity contribution in [1.29, 1.82) is 0 Å². The van der Waals surface area contributed by atoms with Gasteiger partial charge < -0.3 is 58.0 Å². The van der Waals surface area contributed by atoms with Gasteiger partial charge in [-0.05, 0) is 45.4 Å². The van der Waals surface area contributed by atoms with Crippen LogP contribution in [0.5, 0.6) is 0 Å². The molecular weight excluding hydrogens is 1390 g/mol. The van der Waals surface area contributed by atoms with Gasteiger partial charge in [-0.25, -0.2) is 9.36 Å². The quantitative estimate of drug-likeness (QED) is 0.0158. The van der Waals surface area contributed by atoms with Crippen LogP contribution in [0.2, 0.25) is 0 Å². The van der Waals surface area contributed by atoms with Crippen molar-refractivity contribution >= 4 is 54.6 Å². The normalized spacial score (nSPS) is 20.9. The molecule has 9 rings (SSSR count). The fourth-order valence-electron chi connectivity index (χ4n) is 12.1. The first-order chi connectivity index (χ1) is 50.3. The van der Waals surface area contributed by atoms with E-state index in [1.807, 2.05) is 212 Å². The summed E-state index contributed by atoms with van der Waals surface area (Å²) in [6.45, 7) is 4.87. The maximum Gasteiger partial charge on any atom is 0.475 e. The number of hydrogen-bond acceptors (Lipinski definition) is 16. The highest BCUT2D eigenvalue weighted by atomic mass is 35.6. The predicted octanol–water partition coefficient (Wildman–Crippen LogP) is 17.4. The molecule has 0 spiro atoms. The maximum atomic E-state index is 15.2. The molecule has 2 N–H and O–H groups in total. The molecule has 0 unspecified atom stereocenters. The van der Waals surface area contributed by atoms with Gasteiger partial charge >= 0.3 is 13.9 Å². The molecule has 2 heterocycles. The molecular formula is C81H98Cl3N2O16P. The van der Waals surface area contributed by atoms with Crippen molar-refractivity contribution in [2.75, 3.05) is 26.4 Å². The van der Waals surface area contributed by atoms with Gasteiger partial charge in [0.15, 0.2) is 12.6 Å². The minimum Gasteiger partial charge on any atom is -0.445 e. The van der Waals surface area contributed by atoms with Crippen molar-refractivity contribution in [3.63, 3.8) is 0 Å². The number of rotatable bonds is 45. The molecule has 2 amide bonds. The molecule has 0 aliphatic carbocycles. The SMILES string of the molecule is C=CCO[C@H]1O[C@H](CO[C@@H]2O[C@H](COP(=O)(OCc3ccccc3)OCc3ccccc3)[C@@H](OCc3ccccc3)[C@H](OCc3ccccc3)[C@H]2NC(=O)OCC(Cl)(Cl)Cl)[C@@H](OCc2ccccc2)[C@H](OCc2ccccc2)[C@H]1NC(=O)C[C@@H](CCCCCCCCCCC)OCc1ccccc1. The van der Waals surface area contributed by atoms with Crippen molar-refractivity contribution in [3.05, 3.63) is 264 Å². The summed E-state index contributed by atoms with van der Waals surface area (Å²) in [4.78, 5) is 29.4. The van der Waals surface area contributed by atoms with E-state index in [2.05, 4.69) is 24.1 Å². The van der Waals surface area contributed by atoms with Crippen LogP contribution in [0.3, 0.4) is 0 Å². The van der Waals surface area contributed by atoms with Crippen LogP contribution in [-0.4, -0.2) is 110 Å². The Bertz CT molecular complexity index is 3480. The number of alkyl carbamates (subject to hydrolysis) is 1. The van der Waals surface area contributed by atoms with Crippen LogP contribution in [0.15, 0.2) is 225 Å². The Labute approximate surface area is 622 Å². The highest BCUT2D eigenvalue weighted by molar-refractivity contribution is 7.48. The van der Waals surface area contributed by atoms with Gasteiger partial charge in [0.2, 0.25) is 9.70 Å². The van der Waals surface area contributed by atoms with Gasteiger partial charge in [0.1, 0.15) is 55.3 Å². The number of halogens is 3. The lowest BCUT2D eigenvalue weighted by atomic mass is 9.94. The molecule has 554 valence electrons. The van der Waals surface area contributed by atoms with Crippen molar-refractivity contribution in [3.8, 4) is 0 Å². The summed E-state index contributed by atoms with van der Waals surface area (Å²) in [5, 5.41) is 6.23. The van der Waals surface area contributed by atoms with Crippen molar-refractivity contribution in [2.24, 2.45) is 0 Å². The zero-order valence-electron chi connectivity index (χ0n) is 58.5. The Kier molecular flexibility index (Phi) is 34.9. The summed E-state index contributed by atoms with van der Waals surface area (Å²) < 4.78 is 100.0. The number of nitrogens with one attached hydrogen (secondary N) is 2. The number of phosphoric acid groups is 1. The summed E-state index contributed by atoms with van der Waals surface area (Å²) in [6.07, 6.45) is 1.65. The number of carbonyl (C=O) groups excluding carboxylic acids is 2. The van der Waals surface area contributed by atoms with Crippen LogP contribution < -0.4 is 10.6 Å². The lowest BCUT2D eigenvalue weighted by molar-refractivity contribution is -0.316. The zero-order chi connectivity index (χ0) is 72.2. The molecule has 7 aromatic rings. The summed E-state index contributed by atoms with van der Waals surface area (Å²) in [7, 11) is -4.52. The van der Waals surface area contributed by atoms with E-state index in [4.69, 9.17) is 95.7 Å². The number of benzene rings is 7. The van der Waals surface area contributed by atoms with Crippen LogP contribution in [0.1, 0.15) is 116 Å². The number of amides is 2. The van der Waals surface area contributed by atoms with E-state index in [9.17, 15) is 4.79 Å². The number of carbonyl (C=O) groups is 2. The van der Waals surface area contributed by atoms with E-state index >= 15 is 9.36 Å². The fourth-order valence-corrected chi connectivity index (χ4v) is 13.4. The molecule has 0 aromatic heterocycles. The van der Waals surface area contributed by atoms with E-state index in [1.54, 1.807) is 6.08 Å². The van der Waals surface area contributed by atoms with Crippen molar-refractivity contribution in [2.45, 2.75) is 195 Å². The number of hydrogen-bond donors (Lipinski definition) is 2. The molecule has 18 nitrogen and oxygen atoms in total. The molecule has 2 saturated heterocycles. The second kappa shape index (κ2) is 44.6. The lowest BCUT2D eigenvalue weighted by Gasteiger charge is -2.48. The van der Waals surface area contributed by atoms with E-state index in [0.29, 0.717) is 24.2 Å². The highest BCUT2D eigenvalue weighted by Crippen LogP contribution is 2.52. The van der Waals surface area contributed by atoms with Gasteiger partial charge in [-0.15, -0.1) is 6.58 Å². The largest absolute Gasteiger partial charge is 0.475 e. The Morgan fingerprint density at radius 3 is 1.25 bits per heavy atom. The topological polar surface area (TPSA) is 195 Å². The first-order valence-electron chi connectivity index (χ1n) is 35.6. The van der Waals surface area contributed by atoms with E-state index in [-0.39, 0.29) is 65.2 Å². The highest BCUT2D eigenvalue weighted by Gasteiger charge is 2.53. The van der Waals surface area contributed by atoms with Gasteiger partial charge in [0.05, 0.1) is 78.6 Å². The minimum absolute atomic E-state index is 0.00146. The molecule has 0 bridgehead atoms. The molecule has 7 aromatic carbocycles. The third-order valence-corrected chi connectivity index (χ3v) is 19.1. The Balaban J connectivity index is 1.07. The summed E-state index contributed by atoms with van der Waals surface area (Å²) in [6, 6.07) is 64.1. The molecule has 2 aliphatic rings. The first kappa shape index (κ1) is 80.7. The third kappa shape index (κ3) is 28.8. The van der Waals surface area contributed by atoms with E-state index in [0.717, 1.165) is 47.1 Å². The van der Waals surface area contributed by atoms with Gasteiger partial charge in [-0.2, -0.15) is 0 Å². The first-order valence-corrected chi connectivity index (χ1v) is 38.2. The molecule has 2 aliphatic heterocycles. The Hall–Kier alpha value is -6.36. The van der Waals surface area contributed by atoms with E-state index in [1.165, 1.54) is 38.5 Å². The average molecular weight is 1490 g/mol. The second-order valence-electron chi connectivity index (χ2n) is 25.5. The Morgan fingerprint density at radius 2 is 0.835 bits per heavy atom. The van der Waals surface area contributed by atoms with Crippen LogP contribution >= 0.6 is 42.6 Å². The third-order valence-electron chi connectivity index (χ3n) is 17.4. The number of phosphoric ester groups is 1. The van der Waals surface area contributed by atoms with Gasteiger partial charge in [0, 0.05) is 0 Å². The van der Waals surface area contributed by atoms with Crippen molar-refractivity contribution in [1.82, 2.24) is 10.6 Å². The van der Waals surface area contributed by atoms with E-state index < -0.39 is 98.3 Å². The molecule has 11 atom stereocenters. The lowest BCUT2D eigenvalue weighted by Crippen LogP contribution is -2.68. The molecule has 103 heavy (non-hydrogen) atoms. The standard InChI is InChI=1S/C81H98Cl3N2O16P/c1-3-5-6-7-8-9-10-11-33-48-68(91-51-61-34-19-12-20-35-61)50-71(87)85-72-76(94-54-64-40-25-15-26-41-64)74(92-52-62-36-21-13-22-37-62)69(101-78(72)90-49-4-2)58-96-79-73(86-80(88)97-60-81(82,83)84)77(95-55-65-42-27-16-28-43-65)75(93-53-63-38-23-14-24-39-63)70(102-79)59-100-103(89,98-56-66-44-29-17-30-45-66)99-57-67-46-31-18-32-47-67/h4,12-32,34-47,68-70,72-79H,2-3,5-11,33,48-60H2,1H3,(H,85,87)(H,86,88)/t68-,69-,70-,72-,73-,74-,75-,76-,77-,78+,79-/m1/s1. The van der Waals surface area contributed by atoms with Crippen molar-refractivity contribution < 1.29 is 75.1 Å².